The van der Waals surface area contributed by atoms with Gasteiger partial charge in [-0.1, -0.05) is 45.2 Å². The van der Waals surface area contributed by atoms with Crippen LogP contribution in [-0.4, -0.2) is 24.0 Å². The number of carbonyl (C=O) groups excluding carboxylic acids is 3. The zero-order chi connectivity index (χ0) is 24.0. The lowest BCUT2D eigenvalue weighted by atomic mass is 10.2. The summed E-state index contributed by atoms with van der Waals surface area (Å²) in [6.45, 7) is 1.82. The minimum absolute atomic E-state index is 0.204. The molecule has 2 amide bonds. The number of anilines is 1. The zero-order valence-corrected chi connectivity index (χ0v) is 20.2. The highest BCUT2D eigenvalue weighted by atomic mass is 79.9. The van der Waals surface area contributed by atoms with Gasteiger partial charge in [0, 0.05) is 25.8 Å². The Balaban J connectivity index is 1.66. The van der Waals surface area contributed by atoms with Crippen LogP contribution in [0.1, 0.15) is 21.5 Å². The number of halogens is 3. The molecule has 168 valence electrons. The second kappa shape index (κ2) is 11.1. The molecule has 0 aliphatic rings. The van der Waals surface area contributed by atoms with E-state index in [0.717, 1.165) is 5.56 Å². The predicted octanol–water partition coefficient (Wildman–Crippen LogP) is 5.37. The Morgan fingerprint density at radius 2 is 1.70 bits per heavy atom. The van der Waals surface area contributed by atoms with Crippen LogP contribution >= 0.6 is 39.1 Å². The number of benzene rings is 3. The van der Waals surface area contributed by atoms with Gasteiger partial charge in [-0.05, 0) is 67.1 Å². The molecule has 0 bridgehead atoms. The fourth-order valence-corrected chi connectivity index (χ4v) is 3.21. The third-order valence-electron chi connectivity index (χ3n) is 4.26. The fraction of sp³-hybridized carbons (Fsp3) is 0.0435. The summed E-state index contributed by atoms with van der Waals surface area (Å²) in [5, 5.41) is 7.17. The Labute approximate surface area is 207 Å². The summed E-state index contributed by atoms with van der Waals surface area (Å²) >= 11 is 15.2. The summed E-state index contributed by atoms with van der Waals surface area (Å²) in [7, 11) is 0. The maximum Gasteiger partial charge on any atom is 0.343 e. The zero-order valence-electron chi connectivity index (χ0n) is 17.1. The average molecular weight is 549 g/mol. The number of hydrazone groups is 1. The number of esters is 1. The SMILES string of the molecule is Cc1ccc(NC(=O)C(=O)N/N=C\c2cc(Br)ccc2OC(=O)c2ccc(Cl)cc2)cc1Cl. The van der Waals surface area contributed by atoms with E-state index in [1.54, 1.807) is 42.5 Å². The van der Waals surface area contributed by atoms with Crippen molar-refractivity contribution in [3.8, 4) is 5.75 Å². The van der Waals surface area contributed by atoms with Gasteiger partial charge in [0.2, 0.25) is 0 Å². The molecule has 0 aliphatic heterocycles. The van der Waals surface area contributed by atoms with Gasteiger partial charge in [0.1, 0.15) is 5.75 Å². The van der Waals surface area contributed by atoms with Crippen LogP contribution in [0.15, 0.2) is 70.2 Å². The molecule has 0 atom stereocenters. The van der Waals surface area contributed by atoms with Crippen molar-refractivity contribution < 1.29 is 19.1 Å². The molecule has 0 radical (unpaired) electrons. The van der Waals surface area contributed by atoms with Gasteiger partial charge in [0.25, 0.3) is 0 Å². The average Bonchev–Trinajstić information content (AvgIpc) is 2.78. The van der Waals surface area contributed by atoms with E-state index >= 15 is 0 Å². The van der Waals surface area contributed by atoms with Crippen molar-refractivity contribution in [1.29, 1.82) is 0 Å². The van der Waals surface area contributed by atoms with Gasteiger partial charge in [-0.2, -0.15) is 5.10 Å². The summed E-state index contributed by atoms with van der Waals surface area (Å²) < 4.78 is 6.12. The second-order valence-corrected chi connectivity index (χ2v) is 8.46. The van der Waals surface area contributed by atoms with Crippen molar-refractivity contribution in [3.05, 3.63) is 91.9 Å². The number of ether oxygens (including phenoxy) is 1. The number of nitrogens with one attached hydrogen (secondary N) is 2. The summed E-state index contributed by atoms with van der Waals surface area (Å²) in [5.74, 6) is -2.30. The molecule has 10 heteroatoms. The van der Waals surface area contributed by atoms with Gasteiger partial charge < -0.3 is 10.1 Å². The summed E-state index contributed by atoms with van der Waals surface area (Å²) in [6.07, 6.45) is 1.25. The van der Waals surface area contributed by atoms with Crippen LogP contribution in [0.5, 0.6) is 5.75 Å². The topological polar surface area (TPSA) is 96.9 Å². The Morgan fingerprint density at radius 1 is 0.970 bits per heavy atom. The highest BCUT2D eigenvalue weighted by Crippen LogP contribution is 2.23. The van der Waals surface area contributed by atoms with E-state index < -0.39 is 17.8 Å². The van der Waals surface area contributed by atoms with E-state index in [1.807, 2.05) is 6.92 Å². The van der Waals surface area contributed by atoms with Crippen LogP contribution in [0.2, 0.25) is 10.0 Å². The van der Waals surface area contributed by atoms with Crippen molar-refractivity contribution in [2.75, 3.05) is 5.32 Å². The number of amides is 2. The minimum Gasteiger partial charge on any atom is -0.422 e. The molecule has 2 N–H and O–H groups in total. The maximum atomic E-state index is 12.4. The quantitative estimate of drug-likeness (QED) is 0.147. The van der Waals surface area contributed by atoms with Gasteiger partial charge in [-0.25, -0.2) is 10.2 Å². The molecule has 0 aliphatic carbocycles. The molecule has 0 aromatic heterocycles. The number of rotatable bonds is 5. The van der Waals surface area contributed by atoms with Crippen molar-refractivity contribution in [3.63, 3.8) is 0 Å². The smallest absolute Gasteiger partial charge is 0.343 e. The molecule has 0 heterocycles. The van der Waals surface area contributed by atoms with Gasteiger partial charge in [0.15, 0.2) is 0 Å². The second-order valence-electron chi connectivity index (χ2n) is 6.70. The van der Waals surface area contributed by atoms with Gasteiger partial charge in [0.05, 0.1) is 11.8 Å². The lowest BCUT2D eigenvalue weighted by Crippen LogP contribution is -2.32. The van der Waals surface area contributed by atoms with E-state index in [4.69, 9.17) is 27.9 Å². The monoisotopic (exact) mass is 547 g/mol. The van der Waals surface area contributed by atoms with Gasteiger partial charge in [-0.15, -0.1) is 0 Å². The molecule has 3 rings (SSSR count). The summed E-state index contributed by atoms with van der Waals surface area (Å²) in [5.41, 5.74) is 4.04. The number of aryl methyl sites for hydroxylation is 1. The first-order valence-electron chi connectivity index (χ1n) is 9.41. The van der Waals surface area contributed by atoms with Crippen LogP contribution in [-0.2, 0) is 9.59 Å². The van der Waals surface area contributed by atoms with Crippen LogP contribution in [0.25, 0.3) is 0 Å². The fourth-order valence-electron chi connectivity index (χ4n) is 2.53. The Bertz CT molecular complexity index is 1250. The summed E-state index contributed by atoms with van der Waals surface area (Å²) in [4.78, 5) is 36.5. The Kier molecular flexibility index (Phi) is 8.21. The third kappa shape index (κ3) is 6.89. The van der Waals surface area contributed by atoms with E-state index in [0.29, 0.717) is 31.3 Å². The lowest BCUT2D eigenvalue weighted by molar-refractivity contribution is -0.136. The number of carbonyl (C=O) groups is 3. The molecule has 33 heavy (non-hydrogen) atoms. The number of nitrogens with zero attached hydrogens (tertiary/aromatic N) is 1. The van der Waals surface area contributed by atoms with E-state index in [9.17, 15) is 14.4 Å². The molecule has 0 fully saturated rings. The minimum atomic E-state index is -0.988. The Morgan fingerprint density at radius 3 is 2.39 bits per heavy atom. The summed E-state index contributed by atoms with van der Waals surface area (Å²) in [6, 6.07) is 16.0. The van der Waals surface area contributed by atoms with Gasteiger partial charge >= 0.3 is 17.8 Å². The third-order valence-corrected chi connectivity index (χ3v) is 5.41. The number of hydrogen-bond donors (Lipinski definition) is 2. The van der Waals surface area contributed by atoms with Crippen molar-refractivity contribution in [1.82, 2.24) is 5.43 Å². The predicted molar refractivity (Wildman–Crippen MR) is 131 cm³/mol. The molecule has 0 spiro atoms. The van der Waals surface area contributed by atoms with Crippen molar-refractivity contribution >= 4 is 68.8 Å². The van der Waals surface area contributed by atoms with Gasteiger partial charge in [-0.3, -0.25) is 9.59 Å². The Hall–Kier alpha value is -3.20. The molecular formula is C23H16BrCl2N3O4. The molecular weight excluding hydrogens is 533 g/mol. The molecule has 0 saturated carbocycles. The van der Waals surface area contributed by atoms with Crippen LogP contribution < -0.4 is 15.5 Å². The van der Waals surface area contributed by atoms with E-state index in [1.165, 1.54) is 24.4 Å². The highest BCUT2D eigenvalue weighted by molar-refractivity contribution is 9.10. The molecule has 3 aromatic rings. The standard InChI is InChI=1S/C23H16BrCl2N3O4/c1-13-2-8-18(11-19(13)26)28-21(30)22(31)29-27-12-15-10-16(24)5-9-20(15)33-23(32)14-3-6-17(25)7-4-14/h2-12H,1H3,(H,28,30)(H,29,31)/b27-12-. The normalized spacial score (nSPS) is 10.7. The lowest BCUT2D eigenvalue weighted by Gasteiger charge is -2.08. The molecule has 3 aromatic carbocycles. The maximum absolute atomic E-state index is 12.4. The molecule has 0 saturated heterocycles. The van der Waals surface area contributed by atoms with Crippen molar-refractivity contribution in [2.24, 2.45) is 5.10 Å². The van der Waals surface area contributed by atoms with E-state index in [-0.39, 0.29) is 5.75 Å². The van der Waals surface area contributed by atoms with Crippen LogP contribution in [0.3, 0.4) is 0 Å². The van der Waals surface area contributed by atoms with Crippen molar-refractivity contribution in [2.45, 2.75) is 6.92 Å². The number of hydrogen-bond acceptors (Lipinski definition) is 5. The molecule has 0 unspecified atom stereocenters. The first-order valence-corrected chi connectivity index (χ1v) is 11.0. The first-order chi connectivity index (χ1) is 15.7. The van der Waals surface area contributed by atoms with Crippen LogP contribution in [0, 0.1) is 6.92 Å². The first kappa shape index (κ1) is 24.4. The van der Waals surface area contributed by atoms with Crippen LogP contribution in [0.4, 0.5) is 5.69 Å². The highest BCUT2D eigenvalue weighted by Gasteiger charge is 2.14. The van der Waals surface area contributed by atoms with E-state index in [2.05, 4.69) is 31.8 Å². The largest absolute Gasteiger partial charge is 0.422 e. The molecule has 7 nitrogen and oxygen atoms in total.